The molecule has 240 valence electrons. The summed E-state index contributed by atoms with van der Waals surface area (Å²) in [5.41, 5.74) is 11.8. The van der Waals surface area contributed by atoms with Crippen LogP contribution in [0.5, 0.6) is 0 Å². The van der Waals surface area contributed by atoms with E-state index in [0.717, 1.165) is 61.2 Å². The van der Waals surface area contributed by atoms with Crippen molar-refractivity contribution in [3.8, 4) is 33.7 Å². The number of furan rings is 1. The highest BCUT2D eigenvalue weighted by atomic mass is 16.4. The second-order valence-corrected chi connectivity index (χ2v) is 12.8. The van der Waals surface area contributed by atoms with Gasteiger partial charge >= 0.3 is 0 Å². The summed E-state index contributed by atoms with van der Waals surface area (Å²) in [5.74, 6) is 0.601. The summed E-state index contributed by atoms with van der Waals surface area (Å²) in [6.45, 7) is 0. The van der Waals surface area contributed by atoms with Crippen LogP contribution in [-0.2, 0) is 0 Å². The monoisotopic (exact) mass is 654 g/mol. The third-order valence-electron chi connectivity index (χ3n) is 9.68. The highest BCUT2D eigenvalue weighted by molar-refractivity contribution is 6.10. The molecule has 0 saturated heterocycles. The normalized spacial score (nSPS) is 11.5. The lowest BCUT2D eigenvalue weighted by Crippen LogP contribution is -2.11. The zero-order valence-electron chi connectivity index (χ0n) is 27.5. The molecule has 0 atom stereocenters. The lowest BCUT2D eigenvalue weighted by Gasteiger charge is -2.28. The lowest BCUT2D eigenvalue weighted by atomic mass is 9.98. The molecule has 0 saturated carbocycles. The summed E-state index contributed by atoms with van der Waals surface area (Å²) in [5, 5.41) is 4.47. The number of hydrogen-bond acceptors (Lipinski definition) is 4. The van der Waals surface area contributed by atoms with Crippen LogP contribution in [-0.4, -0.2) is 4.98 Å². The molecular weight excluding hydrogens is 625 g/mol. The maximum atomic E-state index is 6.56. The van der Waals surface area contributed by atoms with Crippen molar-refractivity contribution in [3.63, 3.8) is 0 Å². The summed E-state index contributed by atoms with van der Waals surface area (Å²) in [4.78, 5) is 7.14. The zero-order chi connectivity index (χ0) is 33.7. The number of oxazole rings is 1. The zero-order valence-corrected chi connectivity index (χ0v) is 27.5. The first-order chi connectivity index (χ1) is 25.2. The molecule has 0 aliphatic rings. The average Bonchev–Trinajstić information content (AvgIpc) is 3.78. The van der Waals surface area contributed by atoms with Gasteiger partial charge in [0.05, 0.1) is 5.69 Å². The Morgan fingerprint density at radius 2 is 1.04 bits per heavy atom. The van der Waals surface area contributed by atoms with Crippen molar-refractivity contribution >= 4 is 60.9 Å². The van der Waals surface area contributed by atoms with Gasteiger partial charge in [0.2, 0.25) is 5.89 Å². The Morgan fingerprint density at radius 3 is 1.86 bits per heavy atom. The fourth-order valence-electron chi connectivity index (χ4n) is 7.16. The third kappa shape index (κ3) is 5.13. The predicted molar refractivity (Wildman–Crippen MR) is 210 cm³/mol. The number of para-hydroxylation sites is 1. The van der Waals surface area contributed by atoms with Crippen LogP contribution in [0.2, 0.25) is 0 Å². The van der Waals surface area contributed by atoms with E-state index in [1.165, 1.54) is 21.9 Å². The van der Waals surface area contributed by atoms with Crippen molar-refractivity contribution in [2.75, 3.05) is 4.90 Å². The van der Waals surface area contributed by atoms with E-state index < -0.39 is 0 Å². The smallest absolute Gasteiger partial charge is 0.227 e. The minimum absolute atomic E-state index is 0.601. The van der Waals surface area contributed by atoms with Crippen LogP contribution < -0.4 is 4.90 Å². The molecule has 8 aromatic carbocycles. The van der Waals surface area contributed by atoms with Crippen LogP contribution in [0.15, 0.2) is 191 Å². The highest BCUT2D eigenvalue weighted by Crippen LogP contribution is 2.44. The molecule has 2 heterocycles. The number of fused-ring (bicyclic) bond motifs is 5. The van der Waals surface area contributed by atoms with Crippen LogP contribution in [0.4, 0.5) is 17.1 Å². The SMILES string of the molecule is c1ccc(-c2ccc(N(c3ccc4c(c3)oc3cc5oc(-c6ccccc6)nc5cc34)c3ccccc3-c3ccc4ccccc4c3)cc2)cc1. The molecule has 0 fully saturated rings. The van der Waals surface area contributed by atoms with Crippen molar-refractivity contribution in [1.82, 2.24) is 4.98 Å². The number of rotatable bonds is 6. The summed E-state index contributed by atoms with van der Waals surface area (Å²) >= 11 is 0. The first-order valence-corrected chi connectivity index (χ1v) is 17.1. The van der Waals surface area contributed by atoms with E-state index in [1.807, 2.05) is 42.5 Å². The number of aromatic nitrogens is 1. The van der Waals surface area contributed by atoms with Gasteiger partial charge in [-0.3, -0.25) is 0 Å². The van der Waals surface area contributed by atoms with Gasteiger partial charge in [0.1, 0.15) is 16.7 Å². The van der Waals surface area contributed by atoms with Crippen LogP contribution >= 0.6 is 0 Å². The Labute approximate surface area is 294 Å². The van der Waals surface area contributed by atoms with Gasteiger partial charge in [-0.25, -0.2) is 4.98 Å². The minimum atomic E-state index is 0.601. The van der Waals surface area contributed by atoms with E-state index in [2.05, 4.69) is 144 Å². The molecule has 0 radical (unpaired) electrons. The molecule has 0 amide bonds. The molecule has 0 N–H and O–H groups in total. The number of benzene rings is 8. The van der Waals surface area contributed by atoms with E-state index in [1.54, 1.807) is 0 Å². The van der Waals surface area contributed by atoms with E-state index in [4.69, 9.17) is 13.8 Å². The van der Waals surface area contributed by atoms with Crippen molar-refractivity contribution < 1.29 is 8.83 Å². The maximum absolute atomic E-state index is 6.56. The summed E-state index contributed by atoms with van der Waals surface area (Å²) in [6.07, 6.45) is 0. The molecule has 4 nitrogen and oxygen atoms in total. The van der Waals surface area contributed by atoms with Crippen LogP contribution in [0.1, 0.15) is 0 Å². The third-order valence-corrected chi connectivity index (χ3v) is 9.68. The Morgan fingerprint density at radius 1 is 0.392 bits per heavy atom. The molecule has 0 aliphatic heterocycles. The fourth-order valence-corrected chi connectivity index (χ4v) is 7.16. The van der Waals surface area contributed by atoms with Crippen molar-refractivity contribution in [2.45, 2.75) is 0 Å². The summed E-state index contributed by atoms with van der Waals surface area (Å²) in [6, 6.07) is 63.6. The quantitative estimate of drug-likeness (QED) is 0.179. The molecule has 51 heavy (non-hydrogen) atoms. The Kier molecular flexibility index (Phi) is 6.78. The molecule has 2 aromatic heterocycles. The predicted octanol–water partition coefficient (Wildman–Crippen LogP) is 13.4. The topological polar surface area (TPSA) is 42.4 Å². The maximum Gasteiger partial charge on any atom is 0.227 e. The van der Waals surface area contributed by atoms with Crippen LogP contribution in [0.25, 0.3) is 77.5 Å². The fraction of sp³-hybridized carbons (Fsp3) is 0. The van der Waals surface area contributed by atoms with Crippen LogP contribution in [0, 0.1) is 0 Å². The Hall–Kier alpha value is -6.91. The van der Waals surface area contributed by atoms with Crippen molar-refractivity contribution in [3.05, 3.63) is 182 Å². The Bertz CT molecular complexity index is 2850. The summed E-state index contributed by atoms with van der Waals surface area (Å²) in [7, 11) is 0. The second kappa shape index (κ2) is 11.9. The molecule has 0 spiro atoms. The first-order valence-electron chi connectivity index (χ1n) is 17.1. The number of anilines is 3. The highest BCUT2D eigenvalue weighted by Gasteiger charge is 2.20. The lowest BCUT2D eigenvalue weighted by molar-refractivity contribution is 0.617. The largest absolute Gasteiger partial charge is 0.456 e. The van der Waals surface area contributed by atoms with Gasteiger partial charge in [-0.15, -0.1) is 0 Å². The molecule has 0 unspecified atom stereocenters. The van der Waals surface area contributed by atoms with Crippen molar-refractivity contribution in [2.24, 2.45) is 0 Å². The molecule has 10 rings (SSSR count). The molecular formula is C47H30N2O2. The van der Waals surface area contributed by atoms with E-state index in [-0.39, 0.29) is 0 Å². The number of hydrogen-bond donors (Lipinski definition) is 0. The van der Waals surface area contributed by atoms with E-state index >= 15 is 0 Å². The van der Waals surface area contributed by atoms with Gasteiger partial charge in [0, 0.05) is 45.4 Å². The molecule has 10 aromatic rings. The van der Waals surface area contributed by atoms with Gasteiger partial charge in [0.15, 0.2) is 5.58 Å². The second-order valence-electron chi connectivity index (χ2n) is 12.8. The standard InChI is InChI=1S/C47H30N2O2/c1-3-11-31(12-4-1)33-21-23-37(24-22-33)49(43-18-10-9-17-39(43)36-20-19-32-13-7-8-16-35(32)27-36)38-25-26-40-41-29-42-46(30-45(41)50-44(40)28-38)51-47(48-42)34-14-5-2-6-15-34/h1-30H. The van der Waals surface area contributed by atoms with Gasteiger partial charge in [-0.05, 0) is 82.1 Å². The van der Waals surface area contributed by atoms with E-state index in [0.29, 0.717) is 11.5 Å². The summed E-state index contributed by atoms with van der Waals surface area (Å²) < 4.78 is 12.7. The Balaban J connectivity index is 1.12. The molecule has 0 aliphatic carbocycles. The van der Waals surface area contributed by atoms with Gasteiger partial charge in [-0.1, -0.05) is 115 Å². The molecule has 4 heteroatoms. The number of nitrogens with zero attached hydrogens (tertiary/aromatic N) is 2. The minimum Gasteiger partial charge on any atom is -0.456 e. The van der Waals surface area contributed by atoms with Crippen LogP contribution in [0.3, 0.4) is 0 Å². The van der Waals surface area contributed by atoms with Crippen molar-refractivity contribution in [1.29, 1.82) is 0 Å². The average molecular weight is 655 g/mol. The molecule has 0 bridgehead atoms. The van der Waals surface area contributed by atoms with E-state index in [9.17, 15) is 0 Å². The first kappa shape index (κ1) is 29.0. The van der Waals surface area contributed by atoms with Gasteiger partial charge in [-0.2, -0.15) is 0 Å². The van der Waals surface area contributed by atoms with Gasteiger partial charge in [0.25, 0.3) is 0 Å². The van der Waals surface area contributed by atoms with Gasteiger partial charge < -0.3 is 13.7 Å².